The Bertz CT molecular complexity index is 1140. The number of carboxylic acids is 1. The van der Waals surface area contributed by atoms with E-state index in [9.17, 15) is 15.2 Å². The number of anilines is 1. The van der Waals surface area contributed by atoms with E-state index in [1.165, 1.54) is 12.1 Å². The minimum atomic E-state index is -1.22. The van der Waals surface area contributed by atoms with Gasteiger partial charge in [0, 0.05) is 12.1 Å². The van der Waals surface area contributed by atoms with Crippen molar-refractivity contribution in [2.75, 3.05) is 11.9 Å². The zero-order valence-electron chi connectivity index (χ0n) is 18.0. The molecule has 0 spiro atoms. The number of carbonyl (C=O) groups excluding carboxylic acids is 1. The maximum absolute atomic E-state index is 10.9. The van der Waals surface area contributed by atoms with Crippen LogP contribution in [0.3, 0.4) is 0 Å². The van der Waals surface area contributed by atoms with Gasteiger partial charge in [-0.2, -0.15) is 5.26 Å². The van der Waals surface area contributed by atoms with Crippen molar-refractivity contribution in [1.82, 2.24) is 4.98 Å². The molecule has 1 aliphatic rings. The van der Waals surface area contributed by atoms with Crippen LogP contribution in [0.25, 0.3) is 10.6 Å². The number of ether oxygens (including phenoxy) is 2. The molecular weight excluding hydrogens is 437 g/mol. The molecule has 0 amide bonds. The Labute approximate surface area is 212 Å². The molecule has 158 valence electrons. The second-order valence-corrected chi connectivity index (χ2v) is 8.51. The van der Waals surface area contributed by atoms with Crippen molar-refractivity contribution in [3.05, 3.63) is 70.1 Å². The standard InChI is InChI=1S/C23H21N3O4S.Na/c1-23(2)29-13-19(30-23)16-10-18(20-4-3-9-31-20)26-21(17(16)11-24)25-12-14-5-7-15(8-6-14)22(27)28;/h3-10,19H,12-13H2,1-2H3,(H,25,26)(H,27,28);/q;+1/p-1. The largest absolute Gasteiger partial charge is 1.00 e. The molecule has 1 aromatic carbocycles. The maximum atomic E-state index is 10.9. The first-order chi connectivity index (χ1) is 14.9. The quantitative estimate of drug-likeness (QED) is 0.537. The van der Waals surface area contributed by atoms with E-state index in [0.29, 0.717) is 24.5 Å². The van der Waals surface area contributed by atoms with E-state index in [4.69, 9.17) is 14.5 Å². The van der Waals surface area contributed by atoms with Gasteiger partial charge in [0.2, 0.25) is 0 Å². The predicted molar refractivity (Wildman–Crippen MR) is 114 cm³/mol. The van der Waals surface area contributed by atoms with Gasteiger partial charge >= 0.3 is 29.6 Å². The number of carboxylic acid groups (broad SMARTS) is 1. The summed E-state index contributed by atoms with van der Waals surface area (Å²) in [6.45, 7) is 4.40. The Kier molecular flexibility index (Phi) is 7.72. The van der Waals surface area contributed by atoms with Crippen LogP contribution in [-0.2, 0) is 16.0 Å². The van der Waals surface area contributed by atoms with E-state index < -0.39 is 11.8 Å². The summed E-state index contributed by atoms with van der Waals surface area (Å²) in [4.78, 5) is 16.6. The molecule has 2 aromatic heterocycles. The average Bonchev–Trinajstić information content (AvgIpc) is 3.41. The fraction of sp³-hybridized carbons (Fsp3) is 0.261. The summed E-state index contributed by atoms with van der Waals surface area (Å²) in [6, 6.07) is 14.4. The molecule has 1 atom stereocenters. The Balaban J connectivity index is 0.00000289. The summed E-state index contributed by atoms with van der Waals surface area (Å²) in [5.74, 6) is -1.50. The van der Waals surface area contributed by atoms with Gasteiger partial charge in [0.15, 0.2) is 5.79 Å². The topological polar surface area (TPSA) is 107 Å². The van der Waals surface area contributed by atoms with Crippen LogP contribution < -0.4 is 40.0 Å². The number of nitriles is 1. The van der Waals surface area contributed by atoms with Crippen molar-refractivity contribution in [3.63, 3.8) is 0 Å². The van der Waals surface area contributed by atoms with Crippen molar-refractivity contribution < 1.29 is 48.9 Å². The van der Waals surface area contributed by atoms with Gasteiger partial charge in [-0.25, -0.2) is 4.98 Å². The zero-order valence-corrected chi connectivity index (χ0v) is 20.9. The first-order valence-corrected chi connectivity index (χ1v) is 10.6. The number of hydrogen-bond donors (Lipinski definition) is 1. The van der Waals surface area contributed by atoms with E-state index in [1.54, 1.807) is 23.5 Å². The fourth-order valence-corrected chi connectivity index (χ4v) is 4.09. The van der Waals surface area contributed by atoms with Gasteiger partial charge in [-0.1, -0.05) is 30.3 Å². The number of rotatable bonds is 6. The molecule has 0 saturated carbocycles. The molecule has 0 bridgehead atoms. The molecule has 3 heterocycles. The van der Waals surface area contributed by atoms with Crippen LogP contribution in [0.2, 0.25) is 0 Å². The average molecular weight is 457 g/mol. The van der Waals surface area contributed by atoms with Crippen LogP contribution >= 0.6 is 11.3 Å². The van der Waals surface area contributed by atoms with Crippen molar-refractivity contribution in [2.24, 2.45) is 0 Å². The number of nitrogens with zero attached hydrogens (tertiary/aromatic N) is 2. The molecule has 1 unspecified atom stereocenters. The van der Waals surface area contributed by atoms with Crippen molar-refractivity contribution in [3.8, 4) is 16.6 Å². The number of aromatic nitrogens is 1. The SMILES string of the molecule is CC1(C)OCC(c2cc(-c3cccs3)nc(NCc3ccc(C(=O)[O-])cc3)c2C#N)O1.[Na+]. The van der Waals surface area contributed by atoms with E-state index in [0.717, 1.165) is 21.7 Å². The van der Waals surface area contributed by atoms with Crippen LogP contribution in [0.4, 0.5) is 5.82 Å². The van der Waals surface area contributed by atoms with Gasteiger partial charge < -0.3 is 24.7 Å². The van der Waals surface area contributed by atoms with Crippen LogP contribution in [0.15, 0.2) is 47.8 Å². The first kappa shape index (κ1) is 24.4. The summed E-state index contributed by atoms with van der Waals surface area (Å²) in [5.41, 5.74) is 2.83. The molecule has 7 nitrogen and oxygen atoms in total. The number of nitrogens with one attached hydrogen (secondary N) is 1. The van der Waals surface area contributed by atoms with E-state index in [1.807, 2.05) is 37.4 Å². The summed E-state index contributed by atoms with van der Waals surface area (Å²) in [5, 5.41) is 26.0. The van der Waals surface area contributed by atoms with Gasteiger partial charge in [-0.15, -0.1) is 11.3 Å². The normalized spacial score (nSPS) is 16.7. The summed E-state index contributed by atoms with van der Waals surface area (Å²) >= 11 is 1.56. The number of carbonyl (C=O) groups is 1. The minimum Gasteiger partial charge on any atom is -0.545 e. The zero-order chi connectivity index (χ0) is 22.0. The van der Waals surface area contributed by atoms with Crippen molar-refractivity contribution in [1.29, 1.82) is 5.26 Å². The summed E-state index contributed by atoms with van der Waals surface area (Å²) in [7, 11) is 0. The van der Waals surface area contributed by atoms with Crippen LogP contribution in [0, 0.1) is 11.3 Å². The molecular formula is C23H20N3NaO4S. The Hall–Kier alpha value is -2.25. The smallest absolute Gasteiger partial charge is 0.545 e. The molecule has 1 N–H and O–H groups in total. The molecule has 1 aliphatic heterocycles. The maximum Gasteiger partial charge on any atom is 1.00 e. The molecule has 32 heavy (non-hydrogen) atoms. The number of pyridine rings is 1. The Morgan fingerprint density at radius 1 is 1.34 bits per heavy atom. The van der Waals surface area contributed by atoms with Crippen LogP contribution in [-0.4, -0.2) is 23.3 Å². The molecule has 1 fully saturated rings. The second-order valence-electron chi connectivity index (χ2n) is 7.56. The van der Waals surface area contributed by atoms with E-state index in [2.05, 4.69) is 11.4 Å². The third-order valence-corrected chi connectivity index (χ3v) is 5.83. The van der Waals surface area contributed by atoms with Gasteiger partial charge in [0.05, 0.1) is 23.1 Å². The van der Waals surface area contributed by atoms with E-state index >= 15 is 0 Å². The third kappa shape index (κ3) is 5.38. The molecule has 0 radical (unpaired) electrons. The molecule has 9 heteroatoms. The molecule has 0 aliphatic carbocycles. The van der Waals surface area contributed by atoms with Crippen molar-refractivity contribution >= 4 is 23.1 Å². The second kappa shape index (κ2) is 10.1. The Morgan fingerprint density at radius 3 is 2.66 bits per heavy atom. The van der Waals surface area contributed by atoms with Crippen LogP contribution in [0.5, 0.6) is 0 Å². The molecule has 4 rings (SSSR count). The van der Waals surface area contributed by atoms with Gasteiger partial charge in [0.25, 0.3) is 0 Å². The number of thiophene rings is 1. The predicted octanol–water partition coefficient (Wildman–Crippen LogP) is 0.485. The summed E-state index contributed by atoms with van der Waals surface area (Å²) < 4.78 is 11.7. The minimum absolute atomic E-state index is 0. The van der Waals surface area contributed by atoms with Crippen molar-refractivity contribution in [2.45, 2.75) is 32.3 Å². The number of aromatic carboxylic acids is 1. The molecule has 3 aromatic rings. The van der Waals surface area contributed by atoms with Gasteiger partial charge in [-0.3, -0.25) is 0 Å². The Morgan fingerprint density at radius 2 is 2.09 bits per heavy atom. The van der Waals surface area contributed by atoms with E-state index in [-0.39, 0.29) is 41.2 Å². The molecule has 1 saturated heterocycles. The van der Waals surface area contributed by atoms with Crippen LogP contribution in [0.1, 0.15) is 47.0 Å². The monoisotopic (exact) mass is 457 g/mol. The fourth-order valence-electron chi connectivity index (χ4n) is 3.40. The number of benzene rings is 1. The summed E-state index contributed by atoms with van der Waals surface area (Å²) in [6.07, 6.45) is -0.380. The van der Waals surface area contributed by atoms with Gasteiger partial charge in [-0.05, 0) is 42.5 Å². The first-order valence-electron chi connectivity index (χ1n) is 9.71. The number of hydrogen-bond acceptors (Lipinski definition) is 8. The third-order valence-electron chi connectivity index (χ3n) is 4.94. The van der Waals surface area contributed by atoms with Gasteiger partial charge in [0.1, 0.15) is 23.6 Å².